The van der Waals surface area contributed by atoms with E-state index >= 15 is 0 Å². The first-order valence-electron chi connectivity index (χ1n) is 14.4. The Morgan fingerprint density at radius 2 is 1.65 bits per heavy atom. The SMILES string of the molecule is O=C(NCC1CCN(C(=O)CN2CCC[C@H](NS(=O)(=O)c3ccc4cc(Cl)ccc4c3)C2=O)CC1)OCc1ccccc1. The van der Waals surface area contributed by atoms with E-state index in [-0.39, 0.29) is 29.9 Å². The molecule has 2 saturated heterocycles. The fourth-order valence-electron chi connectivity index (χ4n) is 5.48. The monoisotopic (exact) mass is 626 g/mol. The Bertz CT molecular complexity index is 1580. The molecule has 2 heterocycles. The number of halogens is 1. The van der Waals surface area contributed by atoms with Gasteiger partial charge in [0.05, 0.1) is 11.4 Å². The predicted molar refractivity (Wildman–Crippen MR) is 163 cm³/mol. The van der Waals surface area contributed by atoms with Gasteiger partial charge in [-0.3, -0.25) is 9.59 Å². The molecule has 228 valence electrons. The highest BCUT2D eigenvalue weighted by atomic mass is 35.5. The van der Waals surface area contributed by atoms with Gasteiger partial charge in [0.25, 0.3) is 0 Å². The van der Waals surface area contributed by atoms with E-state index in [2.05, 4.69) is 10.0 Å². The molecule has 0 aliphatic carbocycles. The van der Waals surface area contributed by atoms with E-state index in [0.717, 1.165) is 29.2 Å². The third kappa shape index (κ3) is 8.04. The number of carbonyl (C=O) groups excluding carboxylic acids is 3. The van der Waals surface area contributed by atoms with Gasteiger partial charge in [0.2, 0.25) is 21.8 Å². The molecule has 10 nitrogen and oxygen atoms in total. The lowest BCUT2D eigenvalue weighted by molar-refractivity contribution is -0.143. The van der Waals surface area contributed by atoms with E-state index in [1.54, 1.807) is 35.2 Å². The standard InChI is InChI=1S/C31H35ClN4O6S/c32-26-10-8-25-18-27(11-9-24(25)17-26)43(40,41)34-28-7-4-14-36(30(28)38)20-29(37)35-15-12-22(13-16-35)19-33-31(39)42-21-23-5-2-1-3-6-23/h1-3,5-6,8-11,17-18,22,28,34H,4,7,12-16,19-21H2,(H,33,39)/t28-/m0/s1. The molecule has 2 fully saturated rings. The molecule has 3 aromatic carbocycles. The molecule has 1 atom stereocenters. The molecular weight excluding hydrogens is 592 g/mol. The van der Waals surface area contributed by atoms with Crippen LogP contribution in [-0.4, -0.2) is 74.9 Å². The summed E-state index contributed by atoms with van der Waals surface area (Å²) in [4.78, 5) is 41.6. The van der Waals surface area contributed by atoms with Gasteiger partial charge >= 0.3 is 6.09 Å². The fourth-order valence-corrected chi connectivity index (χ4v) is 6.91. The lowest BCUT2D eigenvalue weighted by Gasteiger charge is -2.36. The fraction of sp³-hybridized carbons (Fsp3) is 0.387. The van der Waals surface area contributed by atoms with Gasteiger partial charge in [-0.05, 0) is 72.2 Å². The Hall–Kier alpha value is -3.67. The maximum absolute atomic E-state index is 13.2. The number of hydrogen-bond donors (Lipinski definition) is 2. The molecule has 2 aliphatic rings. The van der Waals surface area contributed by atoms with Crippen LogP contribution in [0.2, 0.25) is 5.02 Å². The third-order valence-corrected chi connectivity index (χ3v) is 9.66. The average molecular weight is 627 g/mol. The Kier molecular flexibility index (Phi) is 9.84. The van der Waals surface area contributed by atoms with Crippen molar-refractivity contribution in [3.05, 3.63) is 77.3 Å². The highest BCUT2D eigenvalue weighted by Gasteiger charge is 2.34. The number of nitrogens with one attached hydrogen (secondary N) is 2. The zero-order chi connectivity index (χ0) is 30.4. The first-order chi connectivity index (χ1) is 20.7. The molecule has 43 heavy (non-hydrogen) atoms. The number of amides is 3. The molecule has 0 bridgehead atoms. The summed E-state index contributed by atoms with van der Waals surface area (Å²) in [6.45, 7) is 2.02. The summed E-state index contributed by atoms with van der Waals surface area (Å²) in [6.07, 6.45) is 1.91. The highest BCUT2D eigenvalue weighted by molar-refractivity contribution is 7.89. The summed E-state index contributed by atoms with van der Waals surface area (Å²) in [6, 6.07) is 18.4. The number of piperidine rings is 2. The third-order valence-electron chi connectivity index (χ3n) is 7.95. The number of fused-ring (bicyclic) bond motifs is 1. The minimum atomic E-state index is -3.97. The predicted octanol–water partition coefficient (Wildman–Crippen LogP) is 3.93. The normalized spacial score (nSPS) is 18.1. The van der Waals surface area contributed by atoms with Crippen molar-refractivity contribution in [2.75, 3.05) is 32.7 Å². The van der Waals surface area contributed by atoms with Crippen molar-refractivity contribution in [2.45, 2.75) is 43.2 Å². The van der Waals surface area contributed by atoms with Crippen molar-refractivity contribution >= 4 is 50.3 Å². The molecular formula is C31H35ClN4O6S. The smallest absolute Gasteiger partial charge is 0.407 e. The zero-order valence-corrected chi connectivity index (χ0v) is 25.3. The van der Waals surface area contributed by atoms with Crippen molar-refractivity contribution in [3.63, 3.8) is 0 Å². The molecule has 0 radical (unpaired) electrons. The summed E-state index contributed by atoms with van der Waals surface area (Å²) in [5.74, 6) is -0.349. The van der Waals surface area contributed by atoms with Crippen LogP contribution < -0.4 is 10.0 Å². The number of hydrogen-bond acceptors (Lipinski definition) is 6. The first-order valence-corrected chi connectivity index (χ1v) is 16.3. The van der Waals surface area contributed by atoms with Crippen molar-refractivity contribution in [3.8, 4) is 0 Å². The Morgan fingerprint density at radius 3 is 2.42 bits per heavy atom. The van der Waals surface area contributed by atoms with Crippen LogP contribution in [0.5, 0.6) is 0 Å². The van der Waals surface area contributed by atoms with Crippen LogP contribution in [0.4, 0.5) is 4.79 Å². The van der Waals surface area contributed by atoms with Crippen LogP contribution in [0.1, 0.15) is 31.2 Å². The molecule has 3 aromatic rings. The Labute approximate surface area is 256 Å². The lowest BCUT2D eigenvalue weighted by Crippen LogP contribution is -2.55. The summed E-state index contributed by atoms with van der Waals surface area (Å²) < 4.78 is 34.1. The maximum Gasteiger partial charge on any atom is 0.407 e. The maximum atomic E-state index is 13.2. The van der Waals surface area contributed by atoms with Gasteiger partial charge in [0, 0.05) is 31.2 Å². The van der Waals surface area contributed by atoms with Crippen LogP contribution in [0.15, 0.2) is 71.6 Å². The molecule has 5 rings (SSSR count). The van der Waals surface area contributed by atoms with E-state index in [9.17, 15) is 22.8 Å². The van der Waals surface area contributed by atoms with Crippen LogP contribution in [0, 0.1) is 5.92 Å². The van der Waals surface area contributed by atoms with Crippen LogP contribution >= 0.6 is 11.6 Å². The Balaban J connectivity index is 1.07. The molecule has 0 spiro atoms. The van der Waals surface area contributed by atoms with Gasteiger partial charge in [-0.1, -0.05) is 54.1 Å². The topological polar surface area (TPSA) is 125 Å². The van der Waals surface area contributed by atoms with Crippen molar-refractivity contribution in [2.24, 2.45) is 5.92 Å². The number of rotatable bonds is 9. The van der Waals surface area contributed by atoms with Gasteiger partial charge in [-0.25, -0.2) is 13.2 Å². The van der Waals surface area contributed by atoms with Gasteiger partial charge in [-0.15, -0.1) is 0 Å². The van der Waals surface area contributed by atoms with E-state index in [4.69, 9.17) is 16.3 Å². The minimum absolute atomic E-state index is 0.0603. The number of likely N-dealkylation sites (tertiary alicyclic amines) is 2. The number of nitrogens with zero attached hydrogens (tertiary/aromatic N) is 2. The molecule has 12 heteroatoms. The largest absolute Gasteiger partial charge is 0.445 e. The van der Waals surface area contributed by atoms with Crippen molar-refractivity contribution in [1.29, 1.82) is 0 Å². The van der Waals surface area contributed by atoms with Crippen LogP contribution in [0.3, 0.4) is 0 Å². The van der Waals surface area contributed by atoms with Gasteiger partial charge < -0.3 is 19.9 Å². The second kappa shape index (κ2) is 13.7. The van der Waals surface area contributed by atoms with Gasteiger partial charge in [0.1, 0.15) is 12.6 Å². The number of benzene rings is 3. The molecule has 0 saturated carbocycles. The lowest BCUT2D eigenvalue weighted by atomic mass is 9.96. The summed E-state index contributed by atoms with van der Waals surface area (Å²) in [5, 5.41) is 4.89. The number of sulfonamides is 1. The molecule has 0 aromatic heterocycles. The molecule has 2 aliphatic heterocycles. The van der Waals surface area contributed by atoms with E-state index in [1.807, 2.05) is 30.3 Å². The summed E-state index contributed by atoms with van der Waals surface area (Å²) in [7, 11) is -3.97. The molecule has 3 amide bonds. The second-order valence-corrected chi connectivity index (χ2v) is 13.1. The summed E-state index contributed by atoms with van der Waals surface area (Å²) in [5.41, 5.74) is 0.913. The zero-order valence-electron chi connectivity index (χ0n) is 23.7. The second-order valence-electron chi connectivity index (χ2n) is 11.0. The van der Waals surface area contributed by atoms with E-state index < -0.39 is 28.1 Å². The molecule has 2 N–H and O–H groups in total. The quantitative estimate of drug-likeness (QED) is 0.371. The van der Waals surface area contributed by atoms with Crippen molar-refractivity contribution in [1.82, 2.24) is 19.8 Å². The summed E-state index contributed by atoms with van der Waals surface area (Å²) >= 11 is 6.03. The van der Waals surface area contributed by atoms with Crippen LogP contribution in [0.25, 0.3) is 10.8 Å². The number of alkyl carbamates (subject to hydrolysis) is 1. The molecule has 0 unspecified atom stereocenters. The van der Waals surface area contributed by atoms with Crippen molar-refractivity contribution < 1.29 is 27.5 Å². The van der Waals surface area contributed by atoms with Gasteiger partial charge in [0.15, 0.2) is 0 Å². The minimum Gasteiger partial charge on any atom is -0.445 e. The van der Waals surface area contributed by atoms with E-state index in [0.29, 0.717) is 44.0 Å². The number of ether oxygens (including phenoxy) is 1. The average Bonchev–Trinajstić information content (AvgIpc) is 3.01. The van der Waals surface area contributed by atoms with E-state index in [1.165, 1.54) is 11.0 Å². The van der Waals surface area contributed by atoms with Gasteiger partial charge in [-0.2, -0.15) is 4.72 Å². The first kappa shape index (κ1) is 30.8. The Morgan fingerprint density at radius 1 is 0.930 bits per heavy atom. The number of carbonyl (C=O) groups is 3. The van der Waals surface area contributed by atoms with Crippen LogP contribution in [-0.2, 0) is 31.0 Å². The highest BCUT2D eigenvalue weighted by Crippen LogP contribution is 2.24.